The van der Waals surface area contributed by atoms with Gasteiger partial charge in [0.25, 0.3) is 6.47 Å². The molecule has 32 heavy (non-hydrogen) atoms. The summed E-state index contributed by atoms with van der Waals surface area (Å²) in [5, 5.41) is 5.48. The summed E-state index contributed by atoms with van der Waals surface area (Å²) in [7, 11) is 0. The maximum absolute atomic E-state index is 14.3. The molecule has 0 unspecified atom stereocenters. The molecular formula is C23H29F2N3O4. The number of anilines is 2. The topological polar surface area (TPSA) is 79.9 Å². The number of ether oxygens (including phenoxy) is 2. The zero-order valence-corrected chi connectivity index (χ0v) is 18.5. The lowest BCUT2D eigenvalue weighted by Crippen LogP contribution is -2.44. The van der Waals surface area contributed by atoms with Crippen LogP contribution in [0.15, 0.2) is 42.5 Å². The van der Waals surface area contributed by atoms with Crippen molar-refractivity contribution in [3.8, 4) is 0 Å². The van der Waals surface area contributed by atoms with Crippen molar-refractivity contribution in [3.05, 3.63) is 59.7 Å². The number of hydrogen-bond acceptors (Lipinski definition) is 6. The zero-order valence-electron chi connectivity index (χ0n) is 18.5. The first-order valence-electron chi connectivity index (χ1n) is 10.2. The molecule has 1 amide bonds. The van der Waals surface area contributed by atoms with E-state index in [2.05, 4.69) is 15.4 Å². The van der Waals surface area contributed by atoms with Gasteiger partial charge < -0.3 is 19.7 Å². The molecule has 0 aromatic heterocycles. The lowest BCUT2D eigenvalue weighted by atomic mass is 10.2. The largest absolute Gasteiger partial charge is 0.462 e. The molecule has 0 radical (unpaired) electrons. The predicted molar refractivity (Wildman–Crippen MR) is 119 cm³/mol. The summed E-state index contributed by atoms with van der Waals surface area (Å²) in [6, 6.07) is 11.3. The summed E-state index contributed by atoms with van der Waals surface area (Å²) in [4.78, 5) is 23.0. The van der Waals surface area contributed by atoms with E-state index in [0.717, 1.165) is 17.7 Å². The van der Waals surface area contributed by atoms with Crippen LogP contribution in [0.1, 0.15) is 26.3 Å². The molecule has 0 aliphatic carbocycles. The average Bonchev–Trinajstić information content (AvgIpc) is 2.73. The summed E-state index contributed by atoms with van der Waals surface area (Å²) in [5.41, 5.74) is 0.461. The van der Waals surface area contributed by atoms with Gasteiger partial charge in [0.1, 0.15) is 17.9 Å². The summed E-state index contributed by atoms with van der Waals surface area (Å²) in [5.74, 6) is -1.42. The van der Waals surface area contributed by atoms with E-state index in [0.29, 0.717) is 32.7 Å². The van der Waals surface area contributed by atoms with Crippen LogP contribution in [0.2, 0.25) is 0 Å². The number of benzene rings is 2. The van der Waals surface area contributed by atoms with Crippen molar-refractivity contribution in [1.29, 1.82) is 0 Å². The number of hydrogen-bond donors (Lipinski definition) is 2. The van der Waals surface area contributed by atoms with Crippen molar-refractivity contribution < 1.29 is 27.8 Å². The molecule has 2 aromatic rings. The number of halogens is 2. The quantitative estimate of drug-likeness (QED) is 0.670. The van der Waals surface area contributed by atoms with Crippen LogP contribution in [-0.4, -0.2) is 44.3 Å². The summed E-state index contributed by atoms with van der Waals surface area (Å²) < 4.78 is 38.2. The number of carbonyl (C=O) groups excluding carboxylic acids is 2. The second-order valence-electron chi connectivity index (χ2n) is 8.04. The van der Waals surface area contributed by atoms with Gasteiger partial charge in [-0.15, -0.1) is 0 Å². The van der Waals surface area contributed by atoms with Crippen molar-refractivity contribution in [1.82, 2.24) is 5.32 Å². The van der Waals surface area contributed by atoms with Gasteiger partial charge >= 0.3 is 6.09 Å². The average molecular weight is 449 g/mol. The minimum atomic E-state index is -0.766. The van der Waals surface area contributed by atoms with Crippen LogP contribution in [0.4, 0.5) is 25.0 Å². The number of amides is 1. The predicted octanol–water partition coefficient (Wildman–Crippen LogP) is 4.08. The van der Waals surface area contributed by atoms with Crippen molar-refractivity contribution in [2.24, 2.45) is 0 Å². The first-order chi connectivity index (χ1) is 15.2. The molecule has 0 bridgehead atoms. The third-order valence-electron chi connectivity index (χ3n) is 4.31. The molecule has 174 valence electrons. The van der Waals surface area contributed by atoms with E-state index in [1.54, 1.807) is 4.90 Å². The molecule has 3 rings (SSSR count). The zero-order chi connectivity index (χ0) is 23.6. The van der Waals surface area contributed by atoms with E-state index in [4.69, 9.17) is 4.74 Å². The number of nitrogens with zero attached hydrogens (tertiary/aromatic N) is 1. The van der Waals surface area contributed by atoms with Gasteiger partial charge in [0.15, 0.2) is 11.6 Å². The van der Waals surface area contributed by atoms with Gasteiger partial charge in [-0.25, -0.2) is 13.6 Å². The molecular weight excluding hydrogens is 420 g/mol. The SMILES string of the molecule is CC(C)(C)OC=O.O=C(Nc1cc(F)c(N2CCNCC2)c(F)c1)OCc1ccccc1. The smallest absolute Gasteiger partial charge is 0.411 e. The van der Waals surface area contributed by atoms with Gasteiger partial charge in [0, 0.05) is 31.9 Å². The van der Waals surface area contributed by atoms with Gasteiger partial charge in [-0.2, -0.15) is 0 Å². The maximum Gasteiger partial charge on any atom is 0.411 e. The Balaban J connectivity index is 0.000000451. The Hall–Kier alpha value is -3.20. The Morgan fingerprint density at radius 3 is 2.22 bits per heavy atom. The molecule has 1 heterocycles. The molecule has 0 saturated carbocycles. The van der Waals surface area contributed by atoms with Crippen LogP contribution < -0.4 is 15.5 Å². The molecule has 1 fully saturated rings. The van der Waals surface area contributed by atoms with E-state index in [-0.39, 0.29) is 23.6 Å². The van der Waals surface area contributed by atoms with Crippen LogP contribution in [0.3, 0.4) is 0 Å². The van der Waals surface area contributed by atoms with E-state index in [9.17, 15) is 18.4 Å². The Bertz CT molecular complexity index is 860. The van der Waals surface area contributed by atoms with Crippen LogP contribution in [-0.2, 0) is 20.9 Å². The maximum atomic E-state index is 14.3. The van der Waals surface area contributed by atoms with Crippen molar-refractivity contribution >= 4 is 23.9 Å². The highest BCUT2D eigenvalue weighted by Crippen LogP contribution is 2.27. The molecule has 2 aromatic carbocycles. The van der Waals surface area contributed by atoms with E-state index in [1.807, 2.05) is 51.1 Å². The Morgan fingerprint density at radius 2 is 1.72 bits per heavy atom. The highest BCUT2D eigenvalue weighted by atomic mass is 19.1. The Morgan fingerprint density at radius 1 is 1.12 bits per heavy atom. The molecule has 1 aliphatic heterocycles. The molecule has 7 nitrogen and oxygen atoms in total. The van der Waals surface area contributed by atoms with E-state index >= 15 is 0 Å². The molecule has 9 heteroatoms. The van der Waals surface area contributed by atoms with Crippen LogP contribution in [0.5, 0.6) is 0 Å². The fourth-order valence-electron chi connectivity index (χ4n) is 2.85. The first kappa shape index (κ1) is 25.1. The Kier molecular flexibility index (Phi) is 9.39. The molecule has 2 N–H and O–H groups in total. The van der Waals surface area contributed by atoms with E-state index in [1.165, 1.54) is 0 Å². The van der Waals surface area contributed by atoms with Crippen LogP contribution in [0.25, 0.3) is 0 Å². The minimum Gasteiger partial charge on any atom is -0.462 e. The second kappa shape index (κ2) is 12.0. The molecule has 1 saturated heterocycles. The van der Waals surface area contributed by atoms with Crippen molar-refractivity contribution in [3.63, 3.8) is 0 Å². The van der Waals surface area contributed by atoms with Gasteiger partial charge in [0.2, 0.25) is 0 Å². The number of nitrogens with one attached hydrogen (secondary N) is 2. The van der Waals surface area contributed by atoms with Crippen LogP contribution in [0, 0.1) is 11.6 Å². The first-order valence-corrected chi connectivity index (χ1v) is 10.2. The highest BCUT2D eigenvalue weighted by Gasteiger charge is 2.20. The Labute approximate surface area is 186 Å². The normalized spacial score (nSPS) is 13.5. The molecule has 0 atom stereocenters. The van der Waals surface area contributed by atoms with Gasteiger partial charge in [-0.05, 0) is 38.5 Å². The summed E-state index contributed by atoms with van der Waals surface area (Å²) in [6.45, 7) is 8.40. The van der Waals surface area contributed by atoms with E-state index < -0.39 is 17.7 Å². The number of carbonyl (C=O) groups is 2. The lowest BCUT2D eigenvalue weighted by molar-refractivity contribution is -0.138. The fourth-order valence-corrected chi connectivity index (χ4v) is 2.85. The highest BCUT2D eigenvalue weighted by molar-refractivity contribution is 5.85. The standard InChI is InChI=1S/C18H19F2N3O2.C5H10O2/c19-15-10-14(11-16(20)17(15)23-8-6-21-7-9-23)22-18(24)25-12-13-4-2-1-3-5-13;1-5(2,3)7-4-6/h1-5,10-11,21H,6-9,12H2,(H,22,24);4H,1-3H3. The summed E-state index contributed by atoms with van der Waals surface area (Å²) in [6.07, 6.45) is -0.766. The fraction of sp³-hybridized carbons (Fsp3) is 0.391. The van der Waals surface area contributed by atoms with Gasteiger partial charge in [0.05, 0.1) is 0 Å². The van der Waals surface area contributed by atoms with Crippen LogP contribution >= 0.6 is 0 Å². The second-order valence-corrected chi connectivity index (χ2v) is 8.04. The monoisotopic (exact) mass is 449 g/mol. The van der Waals surface area contributed by atoms with Gasteiger partial charge in [-0.1, -0.05) is 30.3 Å². The molecule has 0 spiro atoms. The lowest BCUT2D eigenvalue weighted by Gasteiger charge is -2.30. The molecule has 1 aliphatic rings. The number of rotatable bonds is 5. The summed E-state index contributed by atoms with van der Waals surface area (Å²) >= 11 is 0. The van der Waals surface area contributed by atoms with Crippen molar-refractivity contribution in [2.75, 3.05) is 36.4 Å². The minimum absolute atomic E-state index is 0.0203. The van der Waals surface area contributed by atoms with Crippen molar-refractivity contribution in [2.45, 2.75) is 33.0 Å². The number of piperazine rings is 1. The van der Waals surface area contributed by atoms with Gasteiger partial charge in [-0.3, -0.25) is 10.1 Å². The third kappa shape index (κ3) is 8.50. The third-order valence-corrected chi connectivity index (χ3v) is 4.31.